The van der Waals surface area contributed by atoms with E-state index in [9.17, 15) is 4.79 Å². The highest BCUT2D eigenvalue weighted by molar-refractivity contribution is 5.72. The first-order valence-electron chi connectivity index (χ1n) is 9.57. The number of ether oxygens (including phenoxy) is 2. The lowest BCUT2D eigenvalue weighted by atomic mass is 10.1. The smallest absolute Gasteiger partial charge is 0.216 e. The maximum Gasteiger partial charge on any atom is 0.216 e. The van der Waals surface area contributed by atoms with Crippen molar-refractivity contribution in [3.63, 3.8) is 0 Å². The number of rotatable bonds is 5. The number of nitrogens with one attached hydrogen (secondary N) is 1. The number of hydrogen-bond acceptors (Lipinski definition) is 4. The molecule has 142 valence electrons. The Morgan fingerprint density at radius 3 is 2.52 bits per heavy atom. The number of amides is 1. The lowest BCUT2D eigenvalue weighted by molar-refractivity contribution is -0.230. The van der Waals surface area contributed by atoms with E-state index in [0.29, 0.717) is 13.2 Å². The fourth-order valence-electron chi connectivity index (χ4n) is 4.07. The van der Waals surface area contributed by atoms with Crippen LogP contribution in [-0.4, -0.2) is 42.1 Å². The lowest BCUT2D eigenvalue weighted by Gasteiger charge is -2.37. The van der Waals surface area contributed by atoms with Gasteiger partial charge in [-0.05, 0) is 12.0 Å². The maximum atomic E-state index is 11.4. The number of nitrogens with zero attached hydrogens (tertiary/aromatic N) is 1. The standard InChI is InChI=1S/C22H26N2O3/c1-16(25)23-13-19-12-21-20(24(19)14-17-8-4-2-5-9-17)15-26-22(27-21)18-10-6-3-7-11-18/h2-11,19-22H,12-15H2,1H3,(H,23,25)/t19-,20+,21-,22?/m0/s1. The molecule has 0 spiro atoms. The van der Waals surface area contributed by atoms with E-state index in [1.54, 1.807) is 6.92 Å². The van der Waals surface area contributed by atoms with Crippen LogP contribution in [0.15, 0.2) is 60.7 Å². The van der Waals surface area contributed by atoms with Gasteiger partial charge in [0, 0.05) is 31.6 Å². The van der Waals surface area contributed by atoms with Gasteiger partial charge < -0.3 is 14.8 Å². The largest absolute Gasteiger partial charge is 0.355 e. The molecule has 0 aliphatic carbocycles. The van der Waals surface area contributed by atoms with Crippen LogP contribution in [0.3, 0.4) is 0 Å². The molecule has 2 heterocycles. The van der Waals surface area contributed by atoms with E-state index in [1.165, 1.54) is 5.56 Å². The highest BCUT2D eigenvalue weighted by atomic mass is 16.7. The third-order valence-electron chi connectivity index (χ3n) is 5.41. The SMILES string of the molecule is CC(=O)NC[C@@H]1C[C@@H]2OC(c3ccccc3)OC[C@H]2N1Cc1ccccc1. The van der Waals surface area contributed by atoms with Gasteiger partial charge >= 0.3 is 0 Å². The molecular formula is C22H26N2O3. The van der Waals surface area contributed by atoms with Crippen LogP contribution < -0.4 is 5.32 Å². The summed E-state index contributed by atoms with van der Waals surface area (Å²) >= 11 is 0. The molecule has 2 aliphatic heterocycles. The average Bonchev–Trinajstić information content (AvgIpc) is 3.04. The van der Waals surface area contributed by atoms with Crippen LogP contribution in [0.1, 0.15) is 30.8 Å². The van der Waals surface area contributed by atoms with Crippen LogP contribution >= 0.6 is 0 Å². The Morgan fingerprint density at radius 2 is 1.81 bits per heavy atom. The predicted molar refractivity (Wildman–Crippen MR) is 103 cm³/mol. The molecule has 2 saturated heterocycles. The molecule has 2 aromatic rings. The number of fused-ring (bicyclic) bond motifs is 1. The topological polar surface area (TPSA) is 50.8 Å². The Morgan fingerprint density at radius 1 is 1.11 bits per heavy atom. The van der Waals surface area contributed by atoms with E-state index in [0.717, 1.165) is 18.5 Å². The molecule has 5 heteroatoms. The second-order valence-corrected chi connectivity index (χ2v) is 7.30. The molecule has 1 amide bonds. The Balaban J connectivity index is 1.50. The van der Waals surface area contributed by atoms with Gasteiger partial charge in [-0.1, -0.05) is 60.7 Å². The quantitative estimate of drug-likeness (QED) is 0.884. The Kier molecular flexibility index (Phi) is 5.53. The zero-order valence-corrected chi connectivity index (χ0v) is 15.6. The first kappa shape index (κ1) is 18.2. The number of benzene rings is 2. The molecule has 0 bridgehead atoms. The molecule has 4 atom stereocenters. The van der Waals surface area contributed by atoms with Gasteiger partial charge in [0.25, 0.3) is 0 Å². The van der Waals surface area contributed by atoms with Crippen LogP contribution in [0.25, 0.3) is 0 Å². The molecule has 4 rings (SSSR count). The molecule has 5 nitrogen and oxygen atoms in total. The minimum absolute atomic E-state index is 0.00358. The number of carbonyl (C=O) groups is 1. The minimum atomic E-state index is -0.314. The summed E-state index contributed by atoms with van der Waals surface area (Å²) in [4.78, 5) is 13.9. The van der Waals surface area contributed by atoms with E-state index in [2.05, 4.69) is 34.5 Å². The molecule has 0 saturated carbocycles. The molecule has 1 N–H and O–H groups in total. The third kappa shape index (κ3) is 4.21. The third-order valence-corrected chi connectivity index (χ3v) is 5.41. The molecule has 2 aromatic carbocycles. The van der Waals surface area contributed by atoms with Crippen molar-refractivity contribution in [2.24, 2.45) is 0 Å². The second kappa shape index (κ2) is 8.21. The normalized spacial score (nSPS) is 27.9. The first-order valence-corrected chi connectivity index (χ1v) is 9.57. The van der Waals surface area contributed by atoms with Crippen molar-refractivity contribution >= 4 is 5.91 Å². The van der Waals surface area contributed by atoms with Crippen molar-refractivity contribution in [3.8, 4) is 0 Å². The predicted octanol–water partition coefficient (Wildman–Crippen LogP) is 2.88. The monoisotopic (exact) mass is 366 g/mol. The second-order valence-electron chi connectivity index (χ2n) is 7.30. The van der Waals surface area contributed by atoms with Gasteiger partial charge in [-0.15, -0.1) is 0 Å². The molecule has 27 heavy (non-hydrogen) atoms. The number of likely N-dealkylation sites (tertiary alicyclic amines) is 1. The summed E-state index contributed by atoms with van der Waals surface area (Å²) in [5, 5.41) is 2.98. The number of hydrogen-bond donors (Lipinski definition) is 1. The van der Waals surface area contributed by atoms with Crippen LogP contribution in [0.2, 0.25) is 0 Å². The summed E-state index contributed by atoms with van der Waals surface area (Å²) < 4.78 is 12.4. The Labute approximate surface area is 160 Å². The van der Waals surface area contributed by atoms with Crippen molar-refractivity contribution in [1.29, 1.82) is 0 Å². The highest BCUT2D eigenvalue weighted by Gasteiger charge is 2.45. The van der Waals surface area contributed by atoms with E-state index >= 15 is 0 Å². The average molecular weight is 366 g/mol. The van der Waals surface area contributed by atoms with Gasteiger partial charge in [0.05, 0.1) is 18.8 Å². The molecule has 2 aliphatic rings. The van der Waals surface area contributed by atoms with Gasteiger partial charge in [0.1, 0.15) is 0 Å². The summed E-state index contributed by atoms with van der Waals surface area (Å²) in [5.74, 6) is 0.00358. The summed E-state index contributed by atoms with van der Waals surface area (Å²) in [6, 6.07) is 20.9. The molecule has 0 radical (unpaired) electrons. The van der Waals surface area contributed by atoms with Crippen molar-refractivity contribution in [1.82, 2.24) is 10.2 Å². The van der Waals surface area contributed by atoms with Gasteiger partial charge in [-0.2, -0.15) is 0 Å². The fraction of sp³-hybridized carbons (Fsp3) is 0.409. The molecular weight excluding hydrogens is 340 g/mol. The zero-order valence-electron chi connectivity index (χ0n) is 15.6. The Bertz CT molecular complexity index is 753. The van der Waals surface area contributed by atoms with Crippen LogP contribution in [0.5, 0.6) is 0 Å². The maximum absolute atomic E-state index is 11.4. The fourth-order valence-corrected chi connectivity index (χ4v) is 4.07. The van der Waals surface area contributed by atoms with Crippen molar-refractivity contribution in [3.05, 3.63) is 71.8 Å². The summed E-state index contributed by atoms with van der Waals surface area (Å²) in [6.45, 7) is 3.66. The van der Waals surface area contributed by atoms with Crippen molar-refractivity contribution in [2.45, 2.75) is 44.4 Å². The van der Waals surface area contributed by atoms with E-state index in [4.69, 9.17) is 9.47 Å². The van der Waals surface area contributed by atoms with E-state index < -0.39 is 0 Å². The van der Waals surface area contributed by atoms with Gasteiger partial charge in [-0.25, -0.2) is 0 Å². The molecule has 1 unspecified atom stereocenters. The van der Waals surface area contributed by atoms with Crippen molar-refractivity contribution < 1.29 is 14.3 Å². The summed E-state index contributed by atoms with van der Waals surface area (Å²) in [5.41, 5.74) is 2.31. The Hall–Kier alpha value is -2.21. The molecule has 2 fully saturated rings. The van der Waals surface area contributed by atoms with Crippen molar-refractivity contribution in [2.75, 3.05) is 13.2 Å². The number of carbonyl (C=O) groups excluding carboxylic acids is 1. The van der Waals surface area contributed by atoms with E-state index in [1.807, 2.05) is 36.4 Å². The van der Waals surface area contributed by atoms with Gasteiger partial charge in [0.15, 0.2) is 6.29 Å². The van der Waals surface area contributed by atoms with Crippen LogP contribution in [0, 0.1) is 0 Å². The van der Waals surface area contributed by atoms with Crippen LogP contribution in [-0.2, 0) is 20.8 Å². The summed E-state index contributed by atoms with van der Waals surface area (Å²) in [7, 11) is 0. The van der Waals surface area contributed by atoms with E-state index in [-0.39, 0.29) is 30.4 Å². The minimum Gasteiger partial charge on any atom is -0.355 e. The van der Waals surface area contributed by atoms with Gasteiger partial charge in [-0.3, -0.25) is 9.69 Å². The highest BCUT2D eigenvalue weighted by Crippen LogP contribution is 2.37. The molecule has 0 aromatic heterocycles. The summed E-state index contributed by atoms with van der Waals surface area (Å²) in [6.07, 6.45) is 0.682. The lowest BCUT2D eigenvalue weighted by Crippen LogP contribution is -2.47. The zero-order chi connectivity index (χ0) is 18.6. The van der Waals surface area contributed by atoms with Crippen LogP contribution in [0.4, 0.5) is 0 Å². The van der Waals surface area contributed by atoms with Gasteiger partial charge in [0.2, 0.25) is 5.91 Å². The first-order chi connectivity index (χ1) is 13.2.